The van der Waals surface area contributed by atoms with Crippen LogP contribution in [0.5, 0.6) is 11.5 Å². The second-order valence-corrected chi connectivity index (χ2v) is 7.35. The van der Waals surface area contributed by atoms with Crippen LogP contribution >= 0.6 is 12.2 Å². The number of hydrogen-bond acceptors (Lipinski definition) is 3. The summed E-state index contributed by atoms with van der Waals surface area (Å²) in [7, 11) is 3.32. The van der Waals surface area contributed by atoms with E-state index in [-0.39, 0.29) is 5.92 Å². The molecule has 1 atom stereocenters. The van der Waals surface area contributed by atoms with Crippen molar-refractivity contribution < 1.29 is 9.47 Å². The average Bonchev–Trinajstić information content (AvgIpc) is 3.16. The molecule has 0 bridgehead atoms. The van der Waals surface area contributed by atoms with Gasteiger partial charge in [0.05, 0.1) is 14.2 Å². The molecule has 0 radical (unpaired) electrons. The summed E-state index contributed by atoms with van der Waals surface area (Å²) in [5, 5.41) is 8.30. The number of para-hydroxylation sites is 2. The molecule has 0 aliphatic heterocycles. The third-order valence-corrected chi connectivity index (χ3v) is 5.11. The number of hydrogen-bond donors (Lipinski definition) is 3. The Kier molecular flexibility index (Phi) is 6.77. The van der Waals surface area contributed by atoms with E-state index in [2.05, 4.69) is 46.6 Å². The van der Waals surface area contributed by atoms with Gasteiger partial charge in [0, 0.05) is 41.7 Å². The first kappa shape index (κ1) is 20.7. The number of fused-ring (bicyclic) bond motifs is 1. The standard InChI is InChI=1S/C23H27N3O2S/c1-15(2)12-25-23(29)26-14-19(17-9-7-11-21(27-3)22(17)28-4)18-13-24-20-10-6-5-8-16(18)20/h5-11,13,19,24H,1,12,14H2,2-4H3,(H2,25,26,29)/t19-/m1/s1. The van der Waals surface area contributed by atoms with Gasteiger partial charge >= 0.3 is 0 Å². The second kappa shape index (κ2) is 9.47. The Morgan fingerprint density at radius 3 is 2.59 bits per heavy atom. The predicted molar refractivity (Wildman–Crippen MR) is 123 cm³/mol. The Bertz CT molecular complexity index is 1010. The number of nitrogens with one attached hydrogen (secondary N) is 3. The Morgan fingerprint density at radius 1 is 1.07 bits per heavy atom. The number of methoxy groups -OCH3 is 2. The highest BCUT2D eigenvalue weighted by atomic mass is 32.1. The lowest BCUT2D eigenvalue weighted by atomic mass is 9.90. The van der Waals surface area contributed by atoms with Crippen LogP contribution in [0.3, 0.4) is 0 Å². The van der Waals surface area contributed by atoms with Gasteiger partial charge in [0.2, 0.25) is 0 Å². The lowest BCUT2D eigenvalue weighted by molar-refractivity contribution is 0.350. The summed E-state index contributed by atoms with van der Waals surface area (Å²) >= 11 is 5.45. The monoisotopic (exact) mass is 409 g/mol. The van der Waals surface area contributed by atoms with Crippen LogP contribution in [-0.4, -0.2) is 37.4 Å². The lowest BCUT2D eigenvalue weighted by Gasteiger charge is -2.22. The van der Waals surface area contributed by atoms with Crippen molar-refractivity contribution in [2.45, 2.75) is 12.8 Å². The molecule has 6 heteroatoms. The summed E-state index contributed by atoms with van der Waals surface area (Å²) in [6.07, 6.45) is 2.06. The summed E-state index contributed by atoms with van der Waals surface area (Å²) in [5.74, 6) is 1.44. The molecule has 1 heterocycles. The number of thiocarbonyl (C=S) groups is 1. The molecule has 0 fully saturated rings. The molecule has 0 saturated carbocycles. The van der Waals surface area contributed by atoms with Crippen LogP contribution in [0.1, 0.15) is 24.0 Å². The topological polar surface area (TPSA) is 58.3 Å². The van der Waals surface area contributed by atoms with Crippen molar-refractivity contribution in [1.82, 2.24) is 15.6 Å². The van der Waals surface area contributed by atoms with Crippen molar-refractivity contribution in [3.05, 3.63) is 71.9 Å². The first-order valence-corrected chi connectivity index (χ1v) is 9.89. The molecule has 0 spiro atoms. The van der Waals surface area contributed by atoms with Crippen LogP contribution in [0.15, 0.2) is 60.8 Å². The molecule has 5 nitrogen and oxygen atoms in total. The average molecular weight is 410 g/mol. The Morgan fingerprint density at radius 2 is 1.86 bits per heavy atom. The van der Waals surface area contributed by atoms with E-state index in [1.54, 1.807) is 14.2 Å². The minimum atomic E-state index is 0.000720. The van der Waals surface area contributed by atoms with Crippen LogP contribution in [0.25, 0.3) is 10.9 Å². The van der Waals surface area contributed by atoms with Crippen LogP contribution in [0.2, 0.25) is 0 Å². The minimum absolute atomic E-state index is 0.000720. The zero-order chi connectivity index (χ0) is 20.8. The van der Waals surface area contributed by atoms with E-state index >= 15 is 0 Å². The molecular weight excluding hydrogens is 382 g/mol. The Hall–Kier alpha value is -2.99. The van der Waals surface area contributed by atoms with Crippen molar-refractivity contribution >= 4 is 28.2 Å². The molecule has 3 rings (SSSR count). The maximum Gasteiger partial charge on any atom is 0.166 e. The largest absolute Gasteiger partial charge is 0.493 e. The molecule has 0 unspecified atom stereocenters. The molecule has 0 aliphatic rings. The van der Waals surface area contributed by atoms with Gasteiger partial charge < -0.3 is 25.1 Å². The van der Waals surface area contributed by atoms with Crippen LogP contribution < -0.4 is 20.1 Å². The predicted octanol–water partition coefficient (Wildman–Crippen LogP) is 4.36. The maximum absolute atomic E-state index is 5.72. The third kappa shape index (κ3) is 4.71. The lowest BCUT2D eigenvalue weighted by Crippen LogP contribution is -2.38. The molecule has 152 valence electrons. The van der Waals surface area contributed by atoms with Crippen LogP contribution in [0.4, 0.5) is 0 Å². The van der Waals surface area contributed by atoms with E-state index in [1.165, 1.54) is 10.9 Å². The summed E-state index contributed by atoms with van der Waals surface area (Å²) in [6, 6.07) is 14.2. The number of H-pyrrole nitrogens is 1. The van der Waals surface area contributed by atoms with Crippen molar-refractivity contribution in [3.63, 3.8) is 0 Å². The van der Waals surface area contributed by atoms with Crippen molar-refractivity contribution in [2.75, 3.05) is 27.3 Å². The van der Waals surface area contributed by atoms with Gasteiger partial charge in [0.1, 0.15) is 0 Å². The molecule has 3 aromatic rings. The molecule has 2 aromatic carbocycles. The van der Waals surface area contributed by atoms with Crippen molar-refractivity contribution in [1.29, 1.82) is 0 Å². The van der Waals surface area contributed by atoms with E-state index in [9.17, 15) is 0 Å². The van der Waals surface area contributed by atoms with Gasteiger partial charge in [-0.2, -0.15) is 0 Å². The zero-order valence-electron chi connectivity index (χ0n) is 17.0. The van der Waals surface area contributed by atoms with E-state index < -0.39 is 0 Å². The van der Waals surface area contributed by atoms with Gasteiger partial charge in [-0.15, -0.1) is 0 Å². The zero-order valence-corrected chi connectivity index (χ0v) is 17.9. The van der Waals surface area contributed by atoms with Gasteiger partial charge in [-0.3, -0.25) is 0 Å². The molecule has 3 N–H and O–H groups in total. The smallest absolute Gasteiger partial charge is 0.166 e. The van der Waals surface area contributed by atoms with E-state index in [4.69, 9.17) is 21.7 Å². The number of aromatic nitrogens is 1. The first-order valence-electron chi connectivity index (χ1n) is 9.48. The normalized spacial score (nSPS) is 11.7. The first-order chi connectivity index (χ1) is 14.0. The number of ether oxygens (including phenoxy) is 2. The second-order valence-electron chi connectivity index (χ2n) is 6.95. The fourth-order valence-corrected chi connectivity index (χ4v) is 3.60. The summed E-state index contributed by atoms with van der Waals surface area (Å²) < 4.78 is 11.2. The molecule has 29 heavy (non-hydrogen) atoms. The van der Waals surface area contributed by atoms with Crippen molar-refractivity contribution in [3.8, 4) is 11.5 Å². The van der Waals surface area contributed by atoms with Crippen LogP contribution in [-0.2, 0) is 0 Å². The summed E-state index contributed by atoms with van der Waals surface area (Å²) in [6.45, 7) is 7.12. The van der Waals surface area contributed by atoms with Crippen LogP contribution in [0, 0.1) is 0 Å². The molecule has 1 aromatic heterocycles. The molecule has 0 amide bonds. The molecule has 0 aliphatic carbocycles. The molecular formula is C23H27N3O2S. The fraction of sp³-hybridized carbons (Fsp3) is 0.261. The van der Waals surface area contributed by atoms with Crippen molar-refractivity contribution in [2.24, 2.45) is 0 Å². The fourth-order valence-electron chi connectivity index (χ4n) is 3.44. The SMILES string of the molecule is C=C(C)CNC(=S)NC[C@H](c1cccc(OC)c1OC)c1c[nH]c2ccccc12. The van der Waals surface area contributed by atoms with Gasteiger partial charge in [0.15, 0.2) is 16.6 Å². The van der Waals surface area contributed by atoms with Gasteiger partial charge in [-0.25, -0.2) is 0 Å². The third-order valence-electron chi connectivity index (χ3n) is 4.82. The highest BCUT2D eigenvalue weighted by Crippen LogP contribution is 2.40. The highest BCUT2D eigenvalue weighted by Gasteiger charge is 2.23. The maximum atomic E-state index is 5.72. The summed E-state index contributed by atoms with van der Waals surface area (Å²) in [4.78, 5) is 3.37. The molecule has 0 saturated heterocycles. The Balaban J connectivity index is 1.99. The summed E-state index contributed by atoms with van der Waals surface area (Å²) in [5.41, 5.74) is 4.32. The van der Waals surface area contributed by atoms with E-state index in [0.29, 0.717) is 24.0 Å². The van der Waals surface area contributed by atoms with Gasteiger partial charge in [-0.05, 0) is 36.8 Å². The number of aromatic amines is 1. The Labute approximate surface area is 177 Å². The quantitative estimate of drug-likeness (QED) is 0.381. The van der Waals surface area contributed by atoms with Gasteiger partial charge in [0.25, 0.3) is 0 Å². The van der Waals surface area contributed by atoms with Gasteiger partial charge in [-0.1, -0.05) is 42.5 Å². The van der Waals surface area contributed by atoms with E-state index in [0.717, 1.165) is 22.4 Å². The number of benzene rings is 2. The highest BCUT2D eigenvalue weighted by molar-refractivity contribution is 7.80. The minimum Gasteiger partial charge on any atom is -0.493 e. The number of rotatable bonds is 8. The van der Waals surface area contributed by atoms with E-state index in [1.807, 2.05) is 31.2 Å².